The van der Waals surface area contributed by atoms with Gasteiger partial charge in [0.25, 0.3) is 5.56 Å². The monoisotopic (exact) mass is 362 g/mol. The summed E-state index contributed by atoms with van der Waals surface area (Å²) >= 11 is 0. The quantitative estimate of drug-likeness (QED) is 0.614. The second kappa shape index (κ2) is 7.24. The van der Waals surface area contributed by atoms with Gasteiger partial charge in [-0.15, -0.1) is 0 Å². The molecule has 1 aliphatic rings. The van der Waals surface area contributed by atoms with Crippen molar-refractivity contribution < 1.29 is 24.5 Å². The minimum absolute atomic E-state index is 0.244. The van der Waals surface area contributed by atoms with Crippen LogP contribution >= 0.6 is 0 Å². The van der Waals surface area contributed by atoms with Gasteiger partial charge in [0, 0.05) is 11.8 Å². The molecule has 2 aromatic rings. The number of carbonyl (C=O) groups is 1. The Bertz CT molecular complexity index is 905. The molecule has 9 heteroatoms. The van der Waals surface area contributed by atoms with E-state index in [0.717, 1.165) is 4.57 Å². The van der Waals surface area contributed by atoms with Gasteiger partial charge < -0.3 is 19.7 Å². The molecule has 1 aromatic carbocycles. The lowest BCUT2D eigenvalue weighted by Gasteiger charge is -2.17. The molecule has 9 nitrogen and oxygen atoms in total. The third kappa shape index (κ3) is 3.45. The number of nitrogens with one attached hydrogen (secondary N) is 1. The number of aromatic nitrogens is 2. The van der Waals surface area contributed by atoms with E-state index >= 15 is 0 Å². The number of aliphatic hydroxyl groups is 2. The van der Waals surface area contributed by atoms with Gasteiger partial charge in [0.05, 0.1) is 5.56 Å². The van der Waals surface area contributed by atoms with Crippen molar-refractivity contribution in [3.8, 4) is 0 Å². The van der Waals surface area contributed by atoms with E-state index in [2.05, 4.69) is 4.98 Å². The van der Waals surface area contributed by atoms with E-state index in [1.165, 1.54) is 13.1 Å². The van der Waals surface area contributed by atoms with E-state index in [4.69, 9.17) is 9.47 Å². The van der Waals surface area contributed by atoms with Gasteiger partial charge in [0.2, 0.25) is 0 Å². The predicted octanol–water partition coefficient (Wildman–Crippen LogP) is -0.679. The SMILES string of the molecule is Cc1cn([C@@H]2O[C@H](COC(=O)c3ccccc3)[C@@H](O)[C@H]2O)c(=O)[nH]c1=O. The third-order valence-corrected chi connectivity index (χ3v) is 4.15. The van der Waals surface area contributed by atoms with Crippen LogP contribution in [0.3, 0.4) is 0 Å². The summed E-state index contributed by atoms with van der Waals surface area (Å²) < 4.78 is 11.6. The van der Waals surface area contributed by atoms with Crippen LogP contribution in [0.1, 0.15) is 22.1 Å². The van der Waals surface area contributed by atoms with E-state index in [1.807, 2.05) is 0 Å². The van der Waals surface area contributed by atoms with Crippen molar-refractivity contribution in [1.82, 2.24) is 9.55 Å². The molecule has 2 heterocycles. The van der Waals surface area contributed by atoms with Crippen molar-refractivity contribution in [3.05, 3.63) is 68.5 Å². The molecule has 3 rings (SSSR count). The van der Waals surface area contributed by atoms with Gasteiger partial charge >= 0.3 is 11.7 Å². The van der Waals surface area contributed by atoms with Crippen LogP contribution < -0.4 is 11.2 Å². The number of benzene rings is 1. The zero-order valence-electron chi connectivity index (χ0n) is 13.9. The van der Waals surface area contributed by atoms with E-state index in [9.17, 15) is 24.6 Å². The molecule has 0 aliphatic carbocycles. The Balaban J connectivity index is 1.72. The maximum atomic E-state index is 12.0. The summed E-state index contributed by atoms with van der Waals surface area (Å²) in [6.07, 6.45) is -3.81. The van der Waals surface area contributed by atoms with Crippen LogP contribution in [0.4, 0.5) is 0 Å². The number of carbonyl (C=O) groups excluding carboxylic acids is 1. The number of hydrogen-bond donors (Lipinski definition) is 3. The first kappa shape index (κ1) is 18.1. The van der Waals surface area contributed by atoms with Crippen molar-refractivity contribution in [3.63, 3.8) is 0 Å². The van der Waals surface area contributed by atoms with Gasteiger partial charge in [0.1, 0.15) is 24.9 Å². The Labute approximate surface area is 147 Å². The first-order chi connectivity index (χ1) is 12.4. The number of aryl methyl sites for hydroxylation is 1. The Kier molecular flexibility index (Phi) is 5.03. The van der Waals surface area contributed by atoms with Crippen molar-refractivity contribution in [1.29, 1.82) is 0 Å². The lowest BCUT2D eigenvalue weighted by Crippen LogP contribution is -2.38. The van der Waals surface area contributed by atoms with Crippen LogP contribution in [-0.4, -0.2) is 50.7 Å². The second-order valence-corrected chi connectivity index (χ2v) is 5.99. The normalized spacial score (nSPS) is 25.2. The molecule has 4 atom stereocenters. The molecule has 0 amide bonds. The fraction of sp³-hybridized carbons (Fsp3) is 0.353. The maximum Gasteiger partial charge on any atom is 0.338 e. The predicted molar refractivity (Wildman–Crippen MR) is 88.7 cm³/mol. The zero-order valence-corrected chi connectivity index (χ0v) is 13.9. The van der Waals surface area contributed by atoms with Crippen LogP contribution in [0.25, 0.3) is 0 Å². The van der Waals surface area contributed by atoms with Crippen molar-refractivity contribution in [2.24, 2.45) is 0 Å². The van der Waals surface area contributed by atoms with Gasteiger partial charge in [0.15, 0.2) is 6.23 Å². The highest BCUT2D eigenvalue weighted by molar-refractivity contribution is 5.89. The highest BCUT2D eigenvalue weighted by Gasteiger charge is 2.44. The molecule has 1 saturated heterocycles. The van der Waals surface area contributed by atoms with Crippen LogP contribution in [0.2, 0.25) is 0 Å². The van der Waals surface area contributed by atoms with E-state index in [-0.39, 0.29) is 12.2 Å². The molecule has 0 radical (unpaired) electrons. The maximum absolute atomic E-state index is 12.0. The first-order valence-corrected chi connectivity index (χ1v) is 7.94. The lowest BCUT2D eigenvalue weighted by atomic mass is 10.1. The van der Waals surface area contributed by atoms with Crippen LogP contribution in [0.15, 0.2) is 46.1 Å². The van der Waals surface area contributed by atoms with Crippen molar-refractivity contribution >= 4 is 5.97 Å². The molecular formula is C17H18N2O7. The van der Waals surface area contributed by atoms with Crippen LogP contribution in [0, 0.1) is 6.92 Å². The number of esters is 1. The summed E-state index contributed by atoms with van der Waals surface area (Å²) in [5, 5.41) is 20.3. The number of rotatable bonds is 4. The summed E-state index contributed by atoms with van der Waals surface area (Å²) in [4.78, 5) is 37.4. The van der Waals surface area contributed by atoms with E-state index in [0.29, 0.717) is 5.56 Å². The molecular weight excluding hydrogens is 344 g/mol. The Morgan fingerprint density at radius 1 is 1.23 bits per heavy atom. The topological polar surface area (TPSA) is 131 Å². The molecule has 26 heavy (non-hydrogen) atoms. The van der Waals surface area contributed by atoms with E-state index < -0.39 is 41.8 Å². The fourth-order valence-electron chi connectivity index (χ4n) is 2.69. The van der Waals surface area contributed by atoms with Gasteiger partial charge in [-0.2, -0.15) is 0 Å². The lowest BCUT2D eigenvalue weighted by molar-refractivity contribution is -0.0599. The van der Waals surface area contributed by atoms with Crippen molar-refractivity contribution in [2.75, 3.05) is 6.61 Å². The standard InChI is InChI=1S/C17H18N2O7/c1-9-7-19(17(24)18-14(9)22)15-13(21)12(20)11(26-15)8-25-16(23)10-5-3-2-4-6-10/h2-7,11-13,15,20-21H,8H2,1H3,(H,18,22,24)/t11-,12-,13-,15-/m1/s1. The Hall–Kier alpha value is -2.75. The Morgan fingerprint density at radius 3 is 2.62 bits per heavy atom. The minimum atomic E-state index is -1.43. The summed E-state index contributed by atoms with van der Waals surface area (Å²) in [6, 6.07) is 8.28. The molecule has 1 aromatic heterocycles. The largest absolute Gasteiger partial charge is 0.459 e. The number of aromatic amines is 1. The molecule has 0 saturated carbocycles. The van der Waals surface area contributed by atoms with Gasteiger partial charge in [-0.05, 0) is 19.1 Å². The van der Waals surface area contributed by atoms with E-state index in [1.54, 1.807) is 30.3 Å². The van der Waals surface area contributed by atoms with Gasteiger partial charge in [-0.3, -0.25) is 14.3 Å². The molecule has 0 bridgehead atoms. The molecule has 3 N–H and O–H groups in total. The molecule has 1 fully saturated rings. The summed E-state index contributed by atoms with van der Waals surface area (Å²) in [7, 11) is 0. The summed E-state index contributed by atoms with van der Waals surface area (Å²) in [6.45, 7) is 1.19. The smallest absolute Gasteiger partial charge is 0.338 e. The molecule has 1 aliphatic heterocycles. The third-order valence-electron chi connectivity index (χ3n) is 4.15. The molecule has 0 spiro atoms. The minimum Gasteiger partial charge on any atom is -0.459 e. The van der Waals surface area contributed by atoms with Gasteiger partial charge in [-0.1, -0.05) is 18.2 Å². The average Bonchev–Trinajstić information content (AvgIpc) is 2.91. The Morgan fingerprint density at radius 2 is 1.92 bits per heavy atom. The number of H-pyrrole nitrogens is 1. The summed E-state index contributed by atoms with van der Waals surface area (Å²) in [5.74, 6) is -0.601. The number of nitrogens with zero attached hydrogens (tertiary/aromatic N) is 1. The number of ether oxygens (including phenoxy) is 2. The highest BCUT2D eigenvalue weighted by atomic mass is 16.6. The number of aliphatic hydroxyl groups excluding tert-OH is 2. The van der Waals surface area contributed by atoms with Crippen LogP contribution in [-0.2, 0) is 9.47 Å². The van der Waals surface area contributed by atoms with Crippen molar-refractivity contribution in [2.45, 2.75) is 31.5 Å². The first-order valence-electron chi connectivity index (χ1n) is 7.94. The average molecular weight is 362 g/mol. The fourth-order valence-corrected chi connectivity index (χ4v) is 2.69. The summed E-state index contributed by atoms with van der Waals surface area (Å²) in [5.41, 5.74) is -0.746. The second-order valence-electron chi connectivity index (χ2n) is 5.99. The molecule has 138 valence electrons. The van der Waals surface area contributed by atoms with Gasteiger partial charge in [-0.25, -0.2) is 9.59 Å². The zero-order chi connectivity index (χ0) is 18.8. The van der Waals surface area contributed by atoms with Crippen LogP contribution in [0.5, 0.6) is 0 Å². The number of hydrogen-bond acceptors (Lipinski definition) is 7. The molecule has 0 unspecified atom stereocenters. The highest BCUT2D eigenvalue weighted by Crippen LogP contribution is 2.28.